The molecule has 0 unspecified atom stereocenters. The molecule has 0 atom stereocenters. The average molecular weight is 399 g/mol. The summed E-state index contributed by atoms with van der Waals surface area (Å²) in [6.07, 6.45) is 6.80. The zero-order valence-electron chi connectivity index (χ0n) is 14.0. The zero-order chi connectivity index (χ0) is 19.5. The second-order valence-corrected chi connectivity index (χ2v) is 7.57. The van der Waals surface area contributed by atoms with E-state index in [1.807, 2.05) is 16.7 Å². The Labute approximate surface area is 155 Å². The summed E-state index contributed by atoms with van der Waals surface area (Å²) in [6, 6.07) is 5.55. The van der Waals surface area contributed by atoms with Crippen molar-refractivity contribution in [2.24, 2.45) is 16.5 Å². The molecule has 10 heteroatoms. The van der Waals surface area contributed by atoms with Crippen LogP contribution in [0.5, 0.6) is 0 Å². The van der Waals surface area contributed by atoms with Gasteiger partial charge in [-0.15, -0.1) is 0 Å². The molecular weight excluding hydrogens is 380 g/mol. The summed E-state index contributed by atoms with van der Waals surface area (Å²) in [4.78, 5) is 15.9. The van der Waals surface area contributed by atoms with Crippen LogP contribution in [0.4, 0.5) is 0 Å². The van der Waals surface area contributed by atoms with Gasteiger partial charge in [-0.05, 0) is 30.5 Å². The second kappa shape index (κ2) is 7.90. The van der Waals surface area contributed by atoms with Crippen LogP contribution in [0.1, 0.15) is 28.9 Å². The highest BCUT2D eigenvalue weighted by Gasteiger charge is 2.19. The molecule has 2 aromatic rings. The number of aryl methyl sites for hydroxylation is 1. The van der Waals surface area contributed by atoms with E-state index in [-0.39, 0.29) is 5.96 Å². The molecule has 0 aliphatic carbocycles. The van der Waals surface area contributed by atoms with E-state index in [0.717, 1.165) is 35.9 Å². The van der Waals surface area contributed by atoms with Crippen molar-refractivity contribution >= 4 is 50.6 Å². The molecule has 1 aromatic carbocycles. The lowest BCUT2D eigenvalue weighted by atomic mass is 10.1. The molecule has 3 rings (SSSR count). The van der Waals surface area contributed by atoms with Crippen molar-refractivity contribution in [3.63, 3.8) is 0 Å². The first kappa shape index (κ1) is 20.0. The number of aromatic nitrogens is 1. The van der Waals surface area contributed by atoms with E-state index in [9.17, 15) is 13.2 Å². The number of nitrogens with zero attached hydrogens (tertiary/aromatic N) is 2. The van der Waals surface area contributed by atoms with E-state index in [0.29, 0.717) is 17.0 Å². The molecular formula is C16H19ClN4O4S. The highest BCUT2D eigenvalue weighted by molar-refractivity contribution is 7.85. The van der Waals surface area contributed by atoms with Crippen LogP contribution in [0.15, 0.2) is 29.3 Å². The smallest absolute Gasteiger partial charge is 0.296 e. The van der Waals surface area contributed by atoms with Gasteiger partial charge < -0.3 is 16.0 Å². The predicted molar refractivity (Wildman–Crippen MR) is 103 cm³/mol. The Bertz CT molecular complexity index is 997. The Morgan fingerprint density at radius 1 is 1.35 bits per heavy atom. The number of hydrogen-bond acceptors (Lipinski definition) is 3. The Balaban J connectivity index is 0.000000431. The third-order valence-corrected chi connectivity index (χ3v) is 3.87. The normalized spacial score (nSPS) is 13.3. The highest BCUT2D eigenvalue weighted by Crippen LogP contribution is 2.32. The number of hydrogen-bond donors (Lipinski definition) is 3. The number of benzene rings is 1. The molecule has 140 valence electrons. The van der Waals surface area contributed by atoms with E-state index in [4.69, 9.17) is 27.6 Å². The Morgan fingerprint density at radius 3 is 2.62 bits per heavy atom. The molecule has 8 nitrogen and oxygen atoms in total. The Hall–Kier alpha value is -2.36. The van der Waals surface area contributed by atoms with Crippen molar-refractivity contribution in [2.75, 3.05) is 6.26 Å². The second-order valence-electron chi connectivity index (χ2n) is 5.70. The quantitative estimate of drug-likeness (QED) is 0.381. The molecule has 1 amide bonds. The number of aliphatic imine (C=N–C) groups is 1. The van der Waals surface area contributed by atoms with Crippen molar-refractivity contribution in [1.82, 2.24) is 4.57 Å². The number of carbonyl (C=O) groups excluding carboxylic acids is 1. The maximum atomic E-state index is 12.2. The first-order valence-corrected chi connectivity index (χ1v) is 9.85. The van der Waals surface area contributed by atoms with Crippen LogP contribution in [-0.2, 0) is 16.7 Å². The SMILES string of the molecule is CS(=O)(=O)O.NC(N)=NC(=O)c1cc2c(Cl)ccc3c2n1CCCC=C3. The molecule has 0 radical (unpaired) electrons. The minimum Gasteiger partial charge on any atom is -0.370 e. The first-order valence-electron chi connectivity index (χ1n) is 7.62. The van der Waals surface area contributed by atoms with Gasteiger partial charge in [0.25, 0.3) is 16.0 Å². The predicted octanol–water partition coefficient (Wildman–Crippen LogP) is 2.02. The highest BCUT2D eigenvalue weighted by atomic mass is 35.5. The summed E-state index contributed by atoms with van der Waals surface area (Å²) in [5, 5.41) is 1.45. The van der Waals surface area contributed by atoms with Gasteiger partial charge in [0, 0.05) is 11.9 Å². The molecule has 26 heavy (non-hydrogen) atoms. The number of nitrogens with two attached hydrogens (primary N) is 2. The van der Waals surface area contributed by atoms with Gasteiger partial charge in [-0.1, -0.05) is 29.8 Å². The van der Waals surface area contributed by atoms with E-state index in [2.05, 4.69) is 17.1 Å². The minimum atomic E-state index is -3.67. The van der Waals surface area contributed by atoms with Crippen LogP contribution in [0.25, 0.3) is 17.0 Å². The number of amides is 1. The fourth-order valence-corrected chi connectivity index (χ4v) is 2.88. The maximum Gasteiger partial charge on any atom is 0.296 e. The summed E-state index contributed by atoms with van der Waals surface area (Å²) in [5.41, 5.74) is 13.1. The Kier molecular flexibility index (Phi) is 6.06. The van der Waals surface area contributed by atoms with Gasteiger partial charge in [0.1, 0.15) is 5.69 Å². The van der Waals surface area contributed by atoms with Gasteiger partial charge in [0.2, 0.25) is 0 Å². The topological polar surface area (TPSA) is 141 Å². The molecule has 5 N–H and O–H groups in total. The van der Waals surface area contributed by atoms with Crippen molar-refractivity contribution in [3.05, 3.63) is 40.6 Å². The lowest BCUT2D eigenvalue weighted by molar-refractivity contribution is 0.0994. The van der Waals surface area contributed by atoms with Gasteiger partial charge >= 0.3 is 0 Å². The molecule has 2 heterocycles. The van der Waals surface area contributed by atoms with Crippen LogP contribution in [0.3, 0.4) is 0 Å². The lowest BCUT2D eigenvalue weighted by Crippen LogP contribution is -2.24. The van der Waals surface area contributed by atoms with Crippen LogP contribution < -0.4 is 11.5 Å². The van der Waals surface area contributed by atoms with Crippen molar-refractivity contribution in [1.29, 1.82) is 0 Å². The molecule has 0 spiro atoms. The molecule has 1 aliphatic heterocycles. The molecule has 0 bridgehead atoms. The number of guanidine groups is 1. The lowest BCUT2D eigenvalue weighted by Gasteiger charge is -2.12. The minimum absolute atomic E-state index is 0.241. The number of rotatable bonds is 1. The van der Waals surface area contributed by atoms with E-state index >= 15 is 0 Å². The summed E-state index contributed by atoms with van der Waals surface area (Å²) < 4.78 is 27.8. The largest absolute Gasteiger partial charge is 0.370 e. The van der Waals surface area contributed by atoms with Gasteiger partial charge in [0.15, 0.2) is 5.96 Å². The van der Waals surface area contributed by atoms with Gasteiger partial charge in [-0.2, -0.15) is 13.4 Å². The van der Waals surface area contributed by atoms with Crippen molar-refractivity contribution in [3.8, 4) is 0 Å². The Morgan fingerprint density at radius 2 is 2.00 bits per heavy atom. The number of allylic oxidation sites excluding steroid dienone is 1. The van der Waals surface area contributed by atoms with E-state index < -0.39 is 16.0 Å². The summed E-state index contributed by atoms with van der Waals surface area (Å²) in [6.45, 7) is 0.724. The molecule has 0 fully saturated rings. The summed E-state index contributed by atoms with van der Waals surface area (Å²) >= 11 is 6.27. The van der Waals surface area contributed by atoms with Crippen LogP contribution in [-0.4, -0.2) is 35.7 Å². The third kappa shape index (κ3) is 5.07. The maximum absolute atomic E-state index is 12.2. The molecule has 1 aromatic heterocycles. The number of halogens is 1. The standard InChI is InChI=1S/C15H15ClN4O.CH4O3S/c16-11-6-5-9-4-2-1-3-7-20-12(8-10(11)13(9)20)14(21)19-15(17)18;1-5(2,3)4/h2,4-6,8H,1,3,7H2,(H4,17,18,19,21);1H3,(H,2,3,4). The van der Waals surface area contributed by atoms with E-state index in [1.54, 1.807) is 6.07 Å². The number of carbonyl (C=O) groups is 1. The first-order chi connectivity index (χ1) is 12.1. The fraction of sp³-hybridized carbons (Fsp3) is 0.250. The zero-order valence-corrected chi connectivity index (χ0v) is 15.6. The monoisotopic (exact) mass is 398 g/mol. The van der Waals surface area contributed by atoms with Crippen molar-refractivity contribution < 1.29 is 17.8 Å². The van der Waals surface area contributed by atoms with Gasteiger partial charge in [-0.25, -0.2) is 0 Å². The van der Waals surface area contributed by atoms with Crippen LogP contribution in [0, 0.1) is 0 Å². The summed E-state index contributed by atoms with van der Waals surface area (Å²) in [7, 11) is -3.67. The van der Waals surface area contributed by atoms with Crippen LogP contribution >= 0.6 is 11.6 Å². The fourth-order valence-electron chi connectivity index (χ4n) is 2.67. The van der Waals surface area contributed by atoms with Crippen molar-refractivity contribution in [2.45, 2.75) is 19.4 Å². The average Bonchev–Trinajstić information content (AvgIpc) is 2.84. The molecule has 1 aliphatic rings. The molecule has 0 saturated heterocycles. The summed E-state index contributed by atoms with van der Waals surface area (Å²) in [5.74, 6) is -0.687. The van der Waals surface area contributed by atoms with Gasteiger partial charge in [0.05, 0.1) is 16.8 Å². The van der Waals surface area contributed by atoms with E-state index in [1.165, 1.54) is 0 Å². The third-order valence-electron chi connectivity index (χ3n) is 3.54. The van der Waals surface area contributed by atoms with Gasteiger partial charge in [-0.3, -0.25) is 9.35 Å². The van der Waals surface area contributed by atoms with Crippen LogP contribution in [0.2, 0.25) is 5.02 Å². The molecule has 0 saturated carbocycles.